The molecule has 1 saturated heterocycles. The molecule has 0 aliphatic carbocycles. The number of likely N-dealkylation sites (tertiary alicyclic amines) is 1. The third kappa shape index (κ3) is 5.27. The highest BCUT2D eigenvalue weighted by Crippen LogP contribution is 2.25. The first-order valence-corrected chi connectivity index (χ1v) is 7.97. The third-order valence-electron chi connectivity index (χ3n) is 4.78. The van der Waals surface area contributed by atoms with Crippen LogP contribution in [0.3, 0.4) is 0 Å². The minimum absolute atomic E-state index is 0.788. The van der Waals surface area contributed by atoms with Gasteiger partial charge in [-0.05, 0) is 69.0 Å². The van der Waals surface area contributed by atoms with Crippen molar-refractivity contribution in [2.45, 2.75) is 53.4 Å². The Kier molecular flexibility index (Phi) is 7.25. The second kappa shape index (κ2) is 8.16. The quantitative estimate of drug-likeness (QED) is 0.719. The lowest BCUT2D eigenvalue weighted by molar-refractivity contribution is 0.269. The third-order valence-corrected chi connectivity index (χ3v) is 4.78. The van der Waals surface area contributed by atoms with Gasteiger partial charge in [0.25, 0.3) is 0 Å². The van der Waals surface area contributed by atoms with Gasteiger partial charge < -0.3 is 10.6 Å². The van der Waals surface area contributed by atoms with Crippen molar-refractivity contribution in [3.63, 3.8) is 0 Å². The lowest BCUT2D eigenvalue weighted by atomic mass is 9.88. The van der Waals surface area contributed by atoms with E-state index in [2.05, 4.69) is 32.6 Å². The molecule has 0 amide bonds. The molecule has 1 heterocycles. The summed E-state index contributed by atoms with van der Waals surface area (Å²) >= 11 is 0. The fraction of sp³-hybridized carbons (Fsp3) is 1.00. The number of hydrogen-bond acceptors (Lipinski definition) is 2. The fourth-order valence-corrected chi connectivity index (χ4v) is 3.21. The molecule has 108 valence electrons. The Labute approximate surface area is 114 Å². The first-order valence-electron chi connectivity index (χ1n) is 7.97. The fourth-order valence-electron chi connectivity index (χ4n) is 3.21. The molecule has 2 N–H and O–H groups in total. The molecule has 0 aromatic rings. The normalized spacial score (nSPS) is 23.2. The summed E-state index contributed by atoms with van der Waals surface area (Å²) in [7, 11) is 0. The molecule has 2 unspecified atom stereocenters. The summed E-state index contributed by atoms with van der Waals surface area (Å²) in [4.78, 5) is 2.67. The molecule has 1 fully saturated rings. The van der Waals surface area contributed by atoms with Crippen molar-refractivity contribution >= 4 is 0 Å². The van der Waals surface area contributed by atoms with E-state index >= 15 is 0 Å². The molecular formula is C16H34N2. The molecule has 0 aromatic heterocycles. The van der Waals surface area contributed by atoms with Crippen LogP contribution < -0.4 is 5.73 Å². The molecule has 0 radical (unpaired) electrons. The van der Waals surface area contributed by atoms with E-state index in [-0.39, 0.29) is 0 Å². The van der Waals surface area contributed by atoms with E-state index in [0.29, 0.717) is 0 Å². The molecule has 2 heteroatoms. The van der Waals surface area contributed by atoms with Crippen LogP contribution >= 0.6 is 0 Å². The number of rotatable bonds is 8. The Hall–Kier alpha value is -0.0800. The first-order chi connectivity index (χ1) is 8.54. The largest absolute Gasteiger partial charge is 0.330 e. The molecule has 0 saturated carbocycles. The molecule has 0 bridgehead atoms. The van der Waals surface area contributed by atoms with Gasteiger partial charge in [-0.25, -0.2) is 0 Å². The molecule has 1 aliphatic heterocycles. The van der Waals surface area contributed by atoms with Crippen LogP contribution in [-0.4, -0.2) is 31.1 Å². The Morgan fingerprint density at radius 3 is 2.39 bits per heavy atom. The van der Waals surface area contributed by atoms with Gasteiger partial charge >= 0.3 is 0 Å². The lowest BCUT2D eigenvalue weighted by Gasteiger charge is -2.22. The van der Waals surface area contributed by atoms with Crippen molar-refractivity contribution in [2.24, 2.45) is 29.4 Å². The maximum Gasteiger partial charge on any atom is 0.00126 e. The van der Waals surface area contributed by atoms with Crippen LogP contribution in [0.25, 0.3) is 0 Å². The molecule has 0 spiro atoms. The van der Waals surface area contributed by atoms with Crippen LogP contribution in [0.15, 0.2) is 0 Å². The van der Waals surface area contributed by atoms with E-state index < -0.39 is 0 Å². The van der Waals surface area contributed by atoms with Gasteiger partial charge in [0.1, 0.15) is 0 Å². The minimum atomic E-state index is 0.788. The Morgan fingerprint density at radius 2 is 1.89 bits per heavy atom. The predicted octanol–water partition coefficient (Wildman–Crippen LogP) is 3.37. The van der Waals surface area contributed by atoms with Gasteiger partial charge in [0.15, 0.2) is 0 Å². The Bertz CT molecular complexity index is 213. The van der Waals surface area contributed by atoms with Gasteiger partial charge in [-0.2, -0.15) is 0 Å². The van der Waals surface area contributed by atoms with Crippen LogP contribution in [0.1, 0.15) is 53.4 Å². The van der Waals surface area contributed by atoms with Gasteiger partial charge in [-0.3, -0.25) is 0 Å². The molecule has 2 nitrogen and oxygen atoms in total. The van der Waals surface area contributed by atoms with Crippen molar-refractivity contribution in [1.29, 1.82) is 0 Å². The van der Waals surface area contributed by atoms with E-state index in [9.17, 15) is 0 Å². The summed E-state index contributed by atoms with van der Waals surface area (Å²) < 4.78 is 0. The second-order valence-electron chi connectivity index (χ2n) is 6.82. The summed E-state index contributed by atoms with van der Waals surface area (Å²) in [5, 5.41) is 0. The predicted molar refractivity (Wildman–Crippen MR) is 80.6 cm³/mol. The zero-order chi connectivity index (χ0) is 13.5. The average molecular weight is 254 g/mol. The van der Waals surface area contributed by atoms with Crippen molar-refractivity contribution in [3.05, 3.63) is 0 Å². The van der Waals surface area contributed by atoms with Gasteiger partial charge in [0.05, 0.1) is 0 Å². The van der Waals surface area contributed by atoms with Gasteiger partial charge in [0.2, 0.25) is 0 Å². The summed E-state index contributed by atoms with van der Waals surface area (Å²) in [5.74, 6) is 3.42. The molecule has 1 rings (SSSR count). The highest BCUT2D eigenvalue weighted by Gasteiger charge is 2.24. The number of nitrogens with two attached hydrogens (primary N) is 1. The molecule has 1 aliphatic rings. The van der Waals surface area contributed by atoms with Crippen LogP contribution in [0.4, 0.5) is 0 Å². The summed E-state index contributed by atoms with van der Waals surface area (Å²) in [6.45, 7) is 14.2. The number of nitrogens with zero attached hydrogens (tertiary/aromatic N) is 1. The van der Waals surface area contributed by atoms with Crippen LogP contribution in [0.2, 0.25) is 0 Å². The van der Waals surface area contributed by atoms with E-state index in [1.165, 1.54) is 45.3 Å². The Morgan fingerprint density at radius 1 is 1.17 bits per heavy atom. The maximum absolute atomic E-state index is 5.70. The van der Waals surface area contributed by atoms with E-state index in [4.69, 9.17) is 5.73 Å². The van der Waals surface area contributed by atoms with Crippen molar-refractivity contribution in [3.8, 4) is 0 Å². The monoisotopic (exact) mass is 254 g/mol. The zero-order valence-corrected chi connectivity index (χ0v) is 13.0. The smallest absolute Gasteiger partial charge is 0.00126 e. The van der Waals surface area contributed by atoms with E-state index in [1.807, 2.05) is 0 Å². The van der Waals surface area contributed by atoms with Crippen LogP contribution in [0, 0.1) is 23.7 Å². The molecular weight excluding hydrogens is 220 g/mol. The van der Waals surface area contributed by atoms with E-state index in [1.54, 1.807) is 0 Å². The first kappa shape index (κ1) is 16.0. The summed E-state index contributed by atoms with van der Waals surface area (Å²) in [6, 6.07) is 0. The second-order valence-corrected chi connectivity index (χ2v) is 6.82. The topological polar surface area (TPSA) is 29.3 Å². The van der Waals surface area contributed by atoms with Crippen LogP contribution in [0.5, 0.6) is 0 Å². The number of hydrogen-bond donors (Lipinski definition) is 1. The standard InChI is InChI=1S/C16H34N2/c1-13(2)15(7-9-17)6-5-10-18-11-8-16(12-18)14(3)4/h13-16H,5-12,17H2,1-4H3. The summed E-state index contributed by atoms with van der Waals surface area (Å²) in [5.41, 5.74) is 5.70. The molecule has 0 aromatic carbocycles. The SMILES string of the molecule is CC(C)C(CCN)CCCN1CCC(C(C)C)C1. The van der Waals surface area contributed by atoms with Gasteiger partial charge in [-0.1, -0.05) is 27.7 Å². The van der Waals surface area contributed by atoms with E-state index in [0.717, 1.165) is 30.2 Å². The maximum atomic E-state index is 5.70. The minimum Gasteiger partial charge on any atom is -0.330 e. The van der Waals surface area contributed by atoms with Crippen molar-refractivity contribution < 1.29 is 0 Å². The molecule has 2 atom stereocenters. The lowest BCUT2D eigenvalue weighted by Crippen LogP contribution is -2.24. The Balaban J connectivity index is 2.17. The average Bonchev–Trinajstić information content (AvgIpc) is 2.76. The zero-order valence-electron chi connectivity index (χ0n) is 13.0. The van der Waals surface area contributed by atoms with Gasteiger partial charge in [0, 0.05) is 6.54 Å². The van der Waals surface area contributed by atoms with Crippen molar-refractivity contribution in [2.75, 3.05) is 26.2 Å². The van der Waals surface area contributed by atoms with Crippen molar-refractivity contribution in [1.82, 2.24) is 4.90 Å². The highest BCUT2D eigenvalue weighted by atomic mass is 15.1. The highest BCUT2D eigenvalue weighted by molar-refractivity contribution is 4.77. The van der Waals surface area contributed by atoms with Gasteiger partial charge in [-0.15, -0.1) is 0 Å². The van der Waals surface area contributed by atoms with Crippen LogP contribution in [-0.2, 0) is 0 Å². The molecule has 18 heavy (non-hydrogen) atoms. The summed E-state index contributed by atoms with van der Waals surface area (Å²) in [6.07, 6.45) is 5.33.